The van der Waals surface area contributed by atoms with Gasteiger partial charge in [-0.3, -0.25) is 4.90 Å². The van der Waals surface area contributed by atoms with Gasteiger partial charge in [-0.25, -0.2) is 9.50 Å². The molecule has 3 aromatic rings. The Bertz CT molecular complexity index is 1060. The molecule has 0 aliphatic carbocycles. The Morgan fingerprint density at radius 1 is 1.26 bits per heavy atom. The first-order valence-electron chi connectivity index (χ1n) is 9.99. The van der Waals surface area contributed by atoms with Gasteiger partial charge in [-0.15, -0.1) is 5.10 Å². The van der Waals surface area contributed by atoms with Crippen molar-refractivity contribution in [3.05, 3.63) is 35.5 Å². The van der Waals surface area contributed by atoms with E-state index in [1.165, 1.54) is 11.4 Å². The summed E-state index contributed by atoms with van der Waals surface area (Å²) in [4.78, 5) is 10.9. The number of halogens is 3. The van der Waals surface area contributed by atoms with E-state index in [4.69, 9.17) is 5.11 Å². The van der Waals surface area contributed by atoms with Gasteiger partial charge in [0.25, 0.3) is 5.78 Å². The SMILES string of the molecule is Cc1cc(C(F)(F)F)cc(O)c1-c1ccn2nc(NC3CCCN(CCO)C3)nc2n1. The number of nitrogens with zero attached hydrogens (tertiary/aromatic N) is 5. The Kier molecular flexibility index (Phi) is 5.71. The second-order valence-corrected chi connectivity index (χ2v) is 7.69. The van der Waals surface area contributed by atoms with Crippen molar-refractivity contribution in [1.82, 2.24) is 24.5 Å². The van der Waals surface area contributed by atoms with Crippen molar-refractivity contribution in [3.63, 3.8) is 0 Å². The summed E-state index contributed by atoms with van der Waals surface area (Å²) in [6, 6.07) is 3.40. The Balaban J connectivity index is 1.58. The van der Waals surface area contributed by atoms with Gasteiger partial charge in [0.1, 0.15) is 5.75 Å². The first-order valence-corrected chi connectivity index (χ1v) is 9.99. The Hall–Kier alpha value is -2.92. The van der Waals surface area contributed by atoms with Gasteiger partial charge in [-0.2, -0.15) is 18.2 Å². The predicted molar refractivity (Wildman–Crippen MR) is 108 cm³/mol. The monoisotopic (exact) mass is 436 g/mol. The lowest BCUT2D eigenvalue weighted by Crippen LogP contribution is -2.43. The lowest BCUT2D eigenvalue weighted by atomic mass is 10.0. The average Bonchev–Trinajstić information content (AvgIpc) is 3.09. The maximum atomic E-state index is 13.0. The molecule has 2 aromatic heterocycles. The van der Waals surface area contributed by atoms with Crippen molar-refractivity contribution >= 4 is 11.7 Å². The van der Waals surface area contributed by atoms with Crippen LogP contribution >= 0.6 is 0 Å². The van der Waals surface area contributed by atoms with Crippen LogP contribution < -0.4 is 5.32 Å². The zero-order valence-electron chi connectivity index (χ0n) is 16.9. The minimum Gasteiger partial charge on any atom is -0.507 e. The van der Waals surface area contributed by atoms with Crippen LogP contribution in [0.2, 0.25) is 0 Å². The van der Waals surface area contributed by atoms with Crippen LogP contribution in [-0.4, -0.2) is 67.0 Å². The van der Waals surface area contributed by atoms with E-state index in [0.717, 1.165) is 32.0 Å². The predicted octanol–water partition coefficient (Wildman–Crippen LogP) is 2.69. The number of rotatable bonds is 5. The summed E-state index contributed by atoms with van der Waals surface area (Å²) in [5.74, 6) is 0.170. The number of hydrogen-bond donors (Lipinski definition) is 3. The molecule has 0 spiro atoms. The maximum Gasteiger partial charge on any atom is 0.416 e. The number of piperidine rings is 1. The number of phenolic OH excluding ortho intramolecular Hbond substituents is 1. The second kappa shape index (κ2) is 8.31. The fourth-order valence-corrected chi connectivity index (χ4v) is 3.94. The molecular formula is C20H23F3N6O2. The molecule has 3 heterocycles. The van der Waals surface area contributed by atoms with Crippen molar-refractivity contribution in [2.75, 3.05) is 31.6 Å². The van der Waals surface area contributed by atoms with Crippen molar-refractivity contribution in [2.45, 2.75) is 32.0 Å². The number of aliphatic hydroxyl groups excluding tert-OH is 1. The third-order valence-electron chi connectivity index (χ3n) is 5.36. The molecule has 1 aromatic carbocycles. The molecule has 166 valence electrons. The van der Waals surface area contributed by atoms with Crippen LogP contribution in [0.25, 0.3) is 17.0 Å². The average molecular weight is 436 g/mol. The molecule has 11 heteroatoms. The number of aryl methyl sites for hydroxylation is 1. The van der Waals surface area contributed by atoms with E-state index in [2.05, 4.69) is 25.3 Å². The first kappa shape index (κ1) is 21.3. The van der Waals surface area contributed by atoms with Gasteiger partial charge in [-0.05, 0) is 50.1 Å². The molecule has 1 fully saturated rings. The highest BCUT2D eigenvalue weighted by Gasteiger charge is 2.32. The normalized spacial score (nSPS) is 17.9. The van der Waals surface area contributed by atoms with Crippen LogP contribution in [0.4, 0.5) is 19.1 Å². The molecule has 1 saturated heterocycles. The van der Waals surface area contributed by atoms with Crippen LogP contribution in [0.1, 0.15) is 24.0 Å². The lowest BCUT2D eigenvalue weighted by molar-refractivity contribution is -0.137. The summed E-state index contributed by atoms with van der Waals surface area (Å²) in [7, 11) is 0. The van der Waals surface area contributed by atoms with E-state index in [1.807, 2.05) is 0 Å². The molecule has 0 bridgehead atoms. The highest BCUT2D eigenvalue weighted by molar-refractivity contribution is 5.72. The van der Waals surface area contributed by atoms with E-state index in [-0.39, 0.29) is 29.6 Å². The van der Waals surface area contributed by atoms with Crippen LogP contribution in [-0.2, 0) is 6.18 Å². The van der Waals surface area contributed by atoms with Crippen LogP contribution in [0.5, 0.6) is 5.75 Å². The topological polar surface area (TPSA) is 98.8 Å². The number of hydrogen-bond acceptors (Lipinski definition) is 7. The first-order chi connectivity index (χ1) is 14.7. The number of benzene rings is 1. The smallest absolute Gasteiger partial charge is 0.416 e. The van der Waals surface area contributed by atoms with Gasteiger partial charge in [0.05, 0.1) is 17.9 Å². The summed E-state index contributed by atoms with van der Waals surface area (Å²) >= 11 is 0. The summed E-state index contributed by atoms with van der Waals surface area (Å²) in [5, 5.41) is 27.0. The number of alkyl halides is 3. The number of aromatic hydroxyl groups is 1. The number of aliphatic hydroxyl groups is 1. The van der Waals surface area contributed by atoms with Gasteiger partial charge in [0.15, 0.2) is 0 Å². The quantitative estimate of drug-likeness (QED) is 0.566. The van der Waals surface area contributed by atoms with E-state index in [0.29, 0.717) is 24.3 Å². The van der Waals surface area contributed by atoms with Gasteiger partial charge >= 0.3 is 6.18 Å². The number of aromatic nitrogens is 4. The third kappa shape index (κ3) is 4.57. The molecule has 1 aliphatic heterocycles. The number of fused-ring (bicyclic) bond motifs is 1. The molecule has 4 rings (SSSR count). The minimum absolute atomic E-state index is 0.113. The molecule has 1 atom stereocenters. The summed E-state index contributed by atoms with van der Waals surface area (Å²) in [6.45, 7) is 3.94. The fraction of sp³-hybridized carbons (Fsp3) is 0.450. The van der Waals surface area contributed by atoms with Crippen molar-refractivity contribution in [2.24, 2.45) is 0 Å². The van der Waals surface area contributed by atoms with Gasteiger partial charge in [0, 0.05) is 30.9 Å². The highest BCUT2D eigenvalue weighted by Crippen LogP contribution is 2.38. The molecule has 0 saturated carbocycles. The number of likely N-dealkylation sites (tertiary alicyclic amines) is 1. The van der Waals surface area contributed by atoms with Gasteiger partial charge < -0.3 is 15.5 Å². The van der Waals surface area contributed by atoms with E-state index in [9.17, 15) is 18.3 Å². The third-order valence-corrected chi connectivity index (χ3v) is 5.36. The molecule has 31 heavy (non-hydrogen) atoms. The lowest BCUT2D eigenvalue weighted by Gasteiger charge is -2.32. The van der Waals surface area contributed by atoms with Crippen molar-refractivity contribution < 1.29 is 23.4 Å². The number of phenols is 1. The highest BCUT2D eigenvalue weighted by atomic mass is 19.4. The van der Waals surface area contributed by atoms with E-state index < -0.39 is 17.5 Å². The molecule has 3 N–H and O–H groups in total. The van der Waals surface area contributed by atoms with E-state index in [1.54, 1.807) is 12.3 Å². The second-order valence-electron chi connectivity index (χ2n) is 7.69. The largest absolute Gasteiger partial charge is 0.507 e. The summed E-state index contributed by atoms with van der Waals surface area (Å²) in [5.41, 5.74) is -0.126. The molecule has 1 aliphatic rings. The number of anilines is 1. The maximum absolute atomic E-state index is 13.0. The minimum atomic E-state index is -4.54. The molecular weight excluding hydrogens is 413 g/mol. The number of β-amino-alcohol motifs (C(OH)–C–C–N with tert-alkyl or cyclic N) is 1. The van der Waals surface area contributed by atoms with Gasteiger partial charge in [-0.1, -0.05) is 0 Å². The zero-order valence-corrected chi connectivity index (χ0v) is 16.9. The van der Waals surface area contributed by atoms with Crippen LogP contribution in [0.15, 0.2) is 24.4 Å². The zero-order chi connectivity index (χ0) is 22.2. The number of nitrogens with one attached hydrogen (secondary N) is 1. The fourth-order valence-electron chi connectivity index (χ4n) is 3.94. The van der Waals surface area contributed by atoms with E-state index >= 15 is 0 Å². The van der Waals surface area contributed by atoms with Crippen molar-refractivity contribution in [1.29, 1.82) is 0 Å². The Morgan fingerprint density at radius 3 is 2.77 bits per heavy atom. The Labute approximate surface area is 176 Å². The van der Waals surface area contributed by atoms with Crippen molar-refractivity contribution in [3.8, 4) is 17.0 Å². The van der Waals surface area contributed by atoms with Crippen LogP contribution in [0.3, 0.4) is 0 Å². The summed E-state index contributed by atoms with van der Waals surface area (Å²) in [6.07, 6.45) is -0.988. The van der Waals surface area contributed by atoms with Crippen LogP contribution in [0, 0.1) is 6.92 Å². The summed E-state index contributed by atoms with van der Waals surface area (Å²) < 4.78 is 40.4. The molecule has 8 nitrogen and oxygen atoms in total. The molecule has 0 amide bonds. The standard InChI is InChI=1S/C20H23F3N6O2/c1-12-9-13(20(21,22)23)10-16(31)17(12)15-4-6-29-19(25-15)26-18(27-29)24-14-3-2-5-28(11-14)7-8-30/h4,6,9-10,14,30-31H,2-3,5,7-8,11H2,1H3,(H,24,27). The van der Waals surface area contributed by atoms with Gasteiger partial charge in [0.2, 0.25) is 5.95 Å². The Morgan fingerprint density at radius 2 is 2.06 bits per heavy atom. The molecule has 0 radical (unpaired) electrons. The molecule has 1 unspecified atom stereocenters.